The third-order valence-corrected chi connectivity index (χ3v) is 5.58. The second-order valence-corrected chi connectivity index (χ2v) is 7.49. The van der Waals surface area contributed by atoms with E-state index in [1.165, 1.54) is 55.2 Å². The molecule has 1 aliphatic rings. The van der Waals surface area contributed by atoms with Crippen molar-refractivity contribution < 1.29 is 0 Å². The predicted octanol–water partition coefficient (Wildman–Crippen LogP) is 7.32. The summed E-state index contributed by atoms with van der Waals surface area (Å²) < 4.78 is 0. The van der Waals surface area contributed by atoms with E-state index in [0.717, 1.165) is 16.9 Å². The van der Waals surface area contributed by atoms with Crippen LogP contribution >= 0.6 is 11.6 Å². The lowest BCUT2D eigenvalue weighted by atomic mass is 9.79. The smallest absolute Gasteiger partial charge is 0.0406 e. The Kier molecular flexibility index (Phi) is 6.15. The first-order valence-corrected chi connectivity index (χ1v) is 9.60. The molecule has 0 nitrogen and oxygen atoms in total. The third kappa shape index (κ3) is 4.74. The van der Waals surface area contributed by atoms with Crippen LogP contribution in [0.1, 0.15) is 44.6 Å². The van der Waals surface area contributed by atoms with Gasteiger partial charge in [-0.15, -0.1) is 0 Å². The highest BCUT2D eigenvalue weighted by Gasteiger charge is 2.18. The molecule has 0 unspecified atom stereocenters. The van der Waals surface area contributed by atoms with Gasteiger partial charge in [-0.3, -0.25) is 0 Å². The molecule has 2 aromatic carbocycles. The maximum atomic E-state index is 5.96. The molecule has 126 valence electrons. The Morgan fingerprint density at radius 1 is 0.875 bits per heavy atom. The summed E-state index contributed by atoms with van der Waals surface area (Å²) in [7, 11) is 0. The van der Waals surface area contributed by atoms with Crippen LogP contribution in [0.5, 0.6) is 0 Å². The largest absolute Gasteiger partial charge is 0.0914 e. The molecule has 1 aliphatic carbocycles. The molecule has 0 spiro atoms. The van der Waals surface area contributed by atoms with Crippen molar-refractivity contribution in [1.29, 1.82) is 0 Å². The van der Waals surface area contributed by atoms with Gasteiger partial charge < -0.3 is 0 Å². The van der Waals surface area contributed by atoms with E-state index in [9.17, 15) is 0 Å². The molecule has 0 saturated heterocycles. The minimum absolute atomic E-state index is 0.791. The number of hydrogen-bond donors (Lipinski definition) is 0. The van der Waals surface area contributed by atoms with E-state index < -0.39 is 0 Å². The molecular weight excluding hydrogens is 312 g/mol. The van der Waals surface area contributed by atoms with Crippen molar-refractivity contribution in [3.8, 4) is 11.1 Å². The van der Waals surface area contributed by atoms with Gasteiger partial charge in [0.2, 0.25) is 0 Å². The van der Waals surface area contributed by atoms with Crippen molar-refractivity contribution in [1.82, 2.24) is 0 Å². The third-order valence-electron chi connectivity index (χ3n) is 5.33. The quantitative estimate of drug-likeness (QED) is 0.501. The summed E-state index contributed by atoms with van der Waals surface area (Å²) in [5.41, 5.74) is 3.96. The normalized spacial score (nSPS) is 21.2. The van der Waals surface area contributed by atoms with Crippen LogP contribution in [0.2, 0.25) is 5.02 Å². The molecule has 0 radical (unpaired) electrons. The molecule has 0 bridgehead atoms. The Hall–Kier alpha value is -1.53. The van der Waals surface area contributed by atoms with Gasteiger partial charge in [-0.2, -0.15) is 0 Å². The average Bonchev–Trinajstić information content (AvgIpc) is 2.63. The Morgan fingerprint density at radius 2 is 1.46 bits per heavy atom. The highest BCUT2D eigenvalue weighted by molar-refractivity contribution is 6.30. The molecule has 0 aromatic heterocycles. The molecule has 0 amide bonds. The van der Waals surface area contributed by atoms with Crippen molar-refractivity contribution in [2.45, 2.75) is 45.4 Å². The van der Waals surface area contributed by atoms with E-state index in [0.29, 0.717) is 0 Å². The number of hydrogen-bond acceptors (Lipinski definition) is 0. The molecule has 1 heteroatoms. The van der Waals surface area contributed by atoms with Gasteiger partial charge in [0.05, 0.1) is 0 Å². The first kappa shape index (κ1) is 17.3. The van der Waals surface area contributed by atoms with Crippen LogP contribution in [-0.4, -0.2) is 0 Å². The van der Waals surface area contributed by atoms with Gasteiger partial charge in [0, 0.05) is 5.02 Å². The van der Waals surface area contributed by atoms with Gasteiger partial charge in [0.15, 0.2) is 0 Å². The molecular formula is C23H27Cl. The van der Waals surface area contributed by atoms with Crippen LogP contribution in [-0.2, 0) is 6.42 Å². The van der Waals surface area contributed by atoms with E-state index >= 15 is 0 Å². The molecule has 1 saturated carbocycles. The first-order chi connectivity index (χ1) is 11.7. The van der Waals surface area contributed by atoms with Crippen molar-refractivity contribution in [3.05, 3.63) is 71.3 Å². The van der Waals surface area contributed by atoms with E-state index in [2.05, 4.69) is 55.5 Å². The summed E-state index contributed by atoms with van der Waals surface area (Å²) in [6.07, 6.45) is 12.7. The van der Waals surface area contributed by atoms with E-state index in [1.807, 2.05) is 12.1 Å². The lowest BCUT2D eigenvalue weighted by molar-refractivity contribution is 0.296. The van der Waals surface area contributed by atoms with Gasteiger partial charge >= 0.3 is 0 Å². The molecule has 0 atom stereocenters. The number of aryl methyl sites for hydroxylation is 1. The van der Waals surface area contributed by atoms with Gasteiger partial charge in [0.25, 0.3) is 0 Å². The highest BCUT2D eigenvalue weighted by Crippen LogP contribution is 2.32. The van der Waals surface area contributed by atoms with Crippen LogP contribution in [0.15, 0.2) is 60.7 Å². The highest BCUT2D eigenvalue weighted by atomic mass is 35.5. The van der Waals surface area contributed by atoms with Gasteiger partial charge in [-0.05, 0) is 86.1 Å². The summed E-state index contributed by atoms with van der Waals surface area (Å²) in [5.74, 6) is 1.76. The zero-order chi connectivity index (χ0) is 16.8. The number of benzene rings is 2. The maximum Gasteiger partial charge on any atom is 0.0406 e. The zero-order valence-electron chi connectivity index (χ0n) is 14.5. The summed E-state index contributed by atoms with van der Waals surface area (Å²) in [4.78, 5) is 0. The van der Waals surface area contributed by atoms with Gasteiger partial charge in [-0.25, -0.2) is 0 Å². The van der Waals surface area contributed by atoms with E-state index in [-0.39, 0.29) is 0 Å². The molecule has 3 rings (SSSR count). The molecule has 24 heavy (non-hydrogen) atoms. The fraction of sp³-hybridized carbons (Fsp3) is 0.391. The lowest BCUT2D eigenvalue weighted by Gasteiger charge is -2.26. The van der Waals surface area contributed by atoms with Crippen molar-refractivity contribution >= 4 is 11.6 Å². The number of rotatable bonds is 5. The minimum atomic E-state index is 0.791. The zero-order valence-corrected chi connectivity index (χ0v) is 15.3. The Bertz CT molecular complexity index is 643. The van der Waals surface area contributed by atoms with Crippen molar-refractivity contribution in [2.75, 3.05) is 0 Å². The summed E-state index contributed by atoms with van der Waals surface area (Å²) >= 11 is 5.96. The van der Waals surface area contributed by atoms with Crippen LogP contribution in [0.25, 0.3) is 11.1 Å². The van der Waals surface area contributed by atoms with Crippen LogP contribution in [0.3, 0.4) is 0 Å². The predicted molar refractivity (Wildman–Crippen MR) is 105 cm³/mol. The second kappa shape index (κ2) is 8.53. The van der Waals surface area contributed by atoms with Gasteiger partial charge in [0.1, 0.15) is 0 Å². The SMILES string of the molecule is CC=CC1CCC(CCc2ccc(-c3ccc(Cl)cc3)cc2)CC1. The molecule has 1 fully saturated rings. The Labute approximate surface area is 151 Å². The summed E-state index contributed by atoms with van der Waals surface area (Å²) in [5, 5.41) is 0.791. The topological polar surface area (TPSA) is 0 Å². The molecule has 2 aromatic rings. The molecule has 0 aliphatic heterocycles. The standard InChI is InChI=1S/C23H27Cl/c1-2-3-18-4-6-19(7-5-18)8-9-20-10-12-21(13-11-20)22-14-16-23(24)17-15-22/h2-3,10-19H,4-9H2,1H3. The van der Waals surface area contributed by atoms with E-state index in [1.54, 1.807) is 0 Å². The monoisotopic (exact) mass is 338 g/mol. The van der Waals surface area contributed by atoms with Gasteiger partial charge in [-0.1, -0.05) is 60.2 Å². The Balaban J connectivity index is 1.51. The maximum absolute atomic E-state index is 5.96. The molecule has 0 N–H and O–H groups in total. The van der Waals surface area contributed by atoms with Crippen LogP contribution < -0.4 is 0 Å². The fourth-order valence-corrected chi connectivity index (χ4v) is 3.94. The summed E-state index contributed by atoms with van der Waals surface area (Å²) in [6, 6.07) is 17.1. The second-order valence-electron chi connectivity index (χ2n) is 7.05. The first-order valence-electron chi connectivity index (χ1n) is 9.22. The summed E-state index contributed by atoms with van der Waals surface area (Å²) in [6.45, 7) is 2.14. The Morgan fingerprint density at radius 3 is 2.04 bits per heavy atom. The van der Waals surface area contributed by atoms with E-state index in [4.69, 9.17) is 11.6 Å². The molecule has 0 heterocycles. The van der Waals surface area contributed by atoms with Crippen molar-refractivity contribution in [3.63, 3.8) is 0 Å². The van der Waals surface area contributed by atoms with Crippen molar-refractivity contribution in [2.24, 2.45) is 11.8 Å². The van der Waals surface area contributed by atoms with Crippen LogP contribution in [0, 0.1) is 11.8 Å². The lowest BCUT2D eigenvalue weighted by Crippen LogP contribution is -2.13. The van der Waals surface area contributed by atoms with Crippen LogP contribution in [0.4, 0.5) is 0 Å². The number of halogens is 1. The average molecular weight is 339 g/mol. The minimum Gasteiger partial charge on any atom is -0.0914 e. The fourth-order valence-electron chi connectivity index (χ4n) is 3.82. The number of allylic oxidation sites excluding steroid dienone is 2.